The Balaban J connectivity index is 0.00000480. The fourth-order valence-corrected chi connectivity index (χ4v) is 28.0. The Morgan fingerprint density at radius 2 is 1.22 bits per heavy atom. The van der Waals surface area contributed by atoms with Crippen LogP contribution in [0.15, 0.2) is 12.1 Å². The summed E-state index contributed by atoms with van der Waals surface area (Å²) < 4.78 is 3.44. The quantitative estimate of drug-likeness (QED) is 0.128. The van der Waals surface area contributed by atoms with Crippen LogP contribution >= 0.6 is 34.0 Å². The monoisotopic (exact) mass is 859 g/mol. The molecule has 5 heterocycles. The summed E-state index contributed by atoms with van der Waals surface area (Å²) in [7, 11) is 0. The third kappa shape index (κ3) is 7.55. The van der Waals surface area contributed by atoms with Crippen molar-refractivity contribution in [1.82, 2.24) is 0 Å². The van der Waals surface area contributed by atoms with Gasteiger partial charge in [-0.2, -0.15) is 0 Å². The second-order valence-corrected chi connectivity index (χ2v) is 27.4. The van der Waals surface area contributed by atoms with Gasteiger partial charge < -0.3 is 0 Å². The number of fused-ring (bicyclic) bond motifs is 4. The van der Waals surface area contributed by atoms with Crippen molar-refractivity contribution in [1.29, 1.82) is 0 Å². The van der Waals surface area contributed by atoms with Crippen LogP contribution in [0, 0.1) is 11.8 Å². The Bertz CT molecular complexity index is 1550. The number of imide groups is 1. The number of amides is 2. The summed E-state index contributed by atoms with van der Waals surface area (Å²) in [6, 6.07) is 5.21. The molecular weight excluding hydrogens is 804 g/mol. The molecule has 3 nitrogen and oxygen atoms in total. The van der Waals surface area contributed by atoms with Gasteiger partial charge in [0.1, 0.15) is 0 Å². The van der Waals surface area contributed by atoms with Crippen molar-refractivity contribution in [2.45, 2.75) is 142 Å². The maximum Gasteiger partial charge on any atom is 1.00 e. The van der Waals surface area contributed by atoms with Gasteiger partial charge in [0.25, 0.3) is 0 Å². The van der Waals surface area contributed by atoms with E-state index in [-0.39, 0.29) is 91.5 Å². The maximum atomic E-state index is 13.2. The van der Waals surface area contributed by atoms with E-state index in [4.69, 9.17) is 0 Å². The molecule has 3 aromatic heterocycles. The third-order valence-electron chi connectivity index (χ3n) is 10.2. The van der Waals surface area contributed by atoms with Crippen LogP contribution in [0.2, 0.25) is 10.5 Å². The van der Waals surface area contributed by atoms with Gasteiger partial charge >= 0.3 is 358 Å². The van der Waals surface area contributed by atoms with Crippen LogP contribution in [-0.2, 0) is 10.8 Å². The Labute approximate surface area is 352 Å². The molecule has 2 aliphatic heterocycles. The minimum absolute atomic E-state index is 0. The molecule has 46 heavy (non-hydrogen) atoms. The predicted octanol–water partition coefficient (Wildman–Crippen LogP) is 8.78. The van der Waals surface area contributed by atoms with Crippen molar-refractivity contribution in [2.24, 2.45) is 11.8 Å². The molecule has 0 spiro atoms. The van der Waals surface area contributed by atoms with E-state index < -0.39 is 13.3 Å². The maximum absolute atomic E-state index is 13.2. The standard InChI is InChI=1S/C38H55GeNO2S3.Cs/c1-11-15-17-23(13-3)21-39(22-24(14-4)18-16-12-2)25-19-27(43-31(25)32-26(39)20-28(44-32)37(5,6)7)33-29-30(36(42)40-35(29)41)34(45-33)38(8,9)10;/h19-20,23-24H,11-18,21-22H2,1-10H3,(H,40,41,42);/q;+1/p-1. The Morgan fingerprint density at radius 1 is 0.696 bits per heavy atom. The molecule has 0 radical (unpaired) electrons. The number of unbranched alkanes of at least 4 members (excludes halogenated alkanes) is 2. The second kappa shape index (κ2) is 15.6. The van der Waals surface area contributed by atoms with Crippen LogP contribution in [0.1, 0.15) is 151 Å². The normalized spacial score (nSPS) is 18.7. The van der Waals surface area contributed by atoms with E-state index in [1.54, 1.807) is 25.0 Å². The number of carbonyl (C=O) groups excluding carboxylic acids is 2. The average Bonchev–Trinajstić information content (AvgIpc) is 3.76. The molecule has 2 aliphatic rings. The minimum Gasteiger partial charge on any atom is 1.00 e. The van der Waals surface area contributed by atoms with Crippen molar-refractivity contribution >= 4 is 67.9 Å². The largest absolute Gasteiger partial charge is 1.00 e. The summed E-state index contributed by atoms with van der Waals surface area (Å²) in [5.41, 5.74) is 1.02. The first-order chi connectivity index (χ1) is 21.2. The molecule has 2 amide bonds. The number of nitrogens with zero attached hydrogens (tertiary/aromatic N) is 1. The number of rotatable bonds is 13. The van der Waals surface area contributed by atoms with Crippen molar-refractivity contribution in [3.8, 4) is 19.5 Å². The molecule has 0 saturated heterocycles. The molecule has 0 saturated carbocycles. The third-order valence-corrected chi connectivity index (χ3v) is 27.0. The number of hydrogen-bond donors (Lipinski definition) is 0. The van der Waals surface area contributed by atoms with Crippen molar-refractivity contribution < 1.29 is 78.5 Å². The fourth-order valence-electron chi connectivity index (χ4n) is 7.60. The van der Waals surface area contributed by atoms with Gasteiger partial charge in [0.15, 0.2) is 0 Å². The van der Waals surface area contributed by atoms with Gasteiger partial charge in [-0.25, -0.2) is 0 Å². The van der Waals surface area contributed by atoms with E-state index in [0.29, 0.717) is 11.1 Å². The van der Waals surface area contributed by atoms with Gasteiger partial charge in [0.2, 0.25) is 0 Å². The molecule has 246 valence electrons. The van der Waals surface area contributed by atoms with E-state index in [1.807, 2.05) is 22.7 Å². The predicted molar refractivity (Wildman–Crippen MR) is 202 cm³/mol. The Morgan fingerprint density at radius 3 is 1.72 bits per heavy atom. The Kier molecular flexibility index (Phi) is 13.4. The van der Waals surface area contributed by atoms with E-state index in [2.05, 4.69) is 86.7 Å². The summed E-state index contributed by atoms with van der Waals surface area (Å²) >= 11 is 2.73. The van der Waals surface area contributed by atoms with Gasteiger partial charge in [0, 0.05) is 0 Å². The molecular formula is C38H54CsGeNO2S3. The van der Waals surface area contributed by atoms with E-state index >= 15 is 0 Å². The second-order valence-electron chi connectivity index (χ2n) is 15.8. The van der Waals surface area contributed by atoms with Crippen molar-refractivity contribution in [2.75, 3.05) is 0 Å². The zero-order valence-electron chi connectivity index (χ0n) is 30.4. The summed E-state index contributed by atoms with van der Waals surface area (Å²) in [4.78, 5) is 33.9. The smallest absolute Gasteiger partial charge is 1.00 e. The van der Waals surface area contributed by atoms with Gasteiger partial charge in [-0.05, 0) is 0 Å². The number of carbonyl (C=O) groups is 2. The van der Waals surface area contributed by atoms with Crippen LogP contribution in [-0.4, -0.2) is 25.1 Å². The summed E-state index contributed by atoms with van der Waals surface area (Å²) in [5.74, 6) is 0.814. The van der Waals surface area contributed by atoms with Crippen LogP contribution in [0.3, 0.4) is 0 Å². The zero-order chi connectivity index (χ0) is 32.9. The summed E-state index contributed by atoms with van der Waals surface area (Å²) in [6.45, 7) is 23.0. The average molecular weight is 859 g/mol. The van der Waals surface area contributed by atoms with Gasteiger partial charge in [-0.15, -0.1) is 0 Å². The summed E-state index contributed by atoms with van der Waals surface area (Å²) in [6.07, 6.45) is 10.3. The molecule has 0 aliphatic carbocycles. The SMILES string of the molecule is CCCCC(CC)[CH2][Ge]1([CH2]C(CC)CCCC)[c]2cc(-c3sc(C(C)(C)C)c4c3C(=O)[N-]C4=O)sc2-c2sc(C(C)(C)C)c[c]21.[Cs+]. The molecule has 8 heteroatoms. The first-order valence-electron chi connectivity index (χ1n) is 17.5. The van der Waals surface area contributed by atoms with E-state index in [9.17, 15) is 9.59 Å². The van der Waals surface area contributed by atoms with Crippen molar-refractivity contribution in [3.05, 3.63) is 38.3 Å². The molecule has 5 rings (SSSR count). The first kappa shape index (κ1) is 39.6. The minimum atomic E-state index is -2.89. The van der Waals surface area contributed by atoms with Crippen LogP contribution < -0.4 is 77.7 Å². The molecule has 3 aromatic rings. The molecule has 2 unspecified atom stereocenters. The molecule has 0 fully saturated rings. The number of hydrogen-bond acceptors (Lipinski definition) is 5. The van der Waals surface area contributed by atoms with Gasteiger partial charge in [0.05, 0.1) is 0 Å². The zero-order valence-corrected chi connectivity index (χ0v) is 41.2. The van der Waals surface area contributed by atoms with Gasteiger partial charge in [-0.1, -0.05) is 0 Å². The molecule has 2 atom stereocenters. The first-order valence-corrected chi connectivity index (χ1v) is 25.0. The summed E-state index contributed by atoms with van der Waals surface area (Å²) in [5, 5.41) is 6.69. The van der Waals surface area contributed by atoms with E-state index in [1.165, 1.54) is 76.5 Å². The van der Waals surface area contributed by atoms with Gasteiger partial charge in [-0.3, -0.25) is 0 Å². The van der Waals surface area contributed by atoms with Crippen LogP contribution in [0.4, 0.5) is 0 Å². The van der Waals surface area contributed by atoms with E-state index in [0.717, 1.165) is 21.6 Å². The molecule has 0 aromatic carbocycles. The van der Waals surface area contributed by atoms with Crippen LogP contribution in [0.25, 0.3) is 24.8 Å². The number of thiophene rings is 3. The Hall–Kier alpha value is 0.835. The molecule has 0 N–H and O–H groups in total. The topological polar surface area (TPSA) is 48.2 Å². The molecule has 0 bridgehead atoms. The van der Waals surface area contributed by atoms with Crippen LogP contribution in [0.5, 0.6) is 0 Å². The van der Waals surface area contributed by atoms with Crippen molar-refractivity contribution in [3.63, 3.8) is 0 Å². The fraction of sp³-hybridized carbons (Fsp3) is 0.632.